The first-order chi connectivity index (χ1) is 17.5. The molecule has 188 valence electrons. The van der Waals surface area contributed by atoms with E-state index in [1.54, 1.807) is 6.92 Å². The number of nitrogens with one attached hydrogen (secondary N) is 1. The van der Waals surface area contributed by atoms with E-state index in [0.29, 0.717) is 37.5 Å². The summed E-state index contributed by atoms with van der Waals surface area (Å²) in [6.07, 6.45) is 1.49. The van der Waals surface area contributed by atoms with Gasteiger partial charge in [-0.2, -0.15) is 0 Å². The molecule has 2 heterocycles. The van der Waals surface area contributed by atoms with Gasteiger partial charge in [-0.1, -0.05) is 48.9 Å². The third-order valence-corrected chi connectivity index (χ3v) is 6.25. The number of nitrogens with zero attached hydrogens (tertiary/aromatic N) is 5. The van der Waals surface area contributed by atoms with Crippen molar-refractivity contribution in [3.8, 4) is 0 Å². The first-order valence-electron chi connectivity index (χ1n) is 12.3. The zero-order valence-electron chi connectivity index (χ0n) is 21.0. The molecule has 0 saturated carbocycles. The molecule has 0 spiro atoms. The molecule has 0 fully saturated rings. The van der Waals surface area contributed by atoms with Crippen molar-refractivity contribution in [2.24, 2.45) is 0 Å². The molecule has 1 unspecified atom stereocenters. The molecule has 1 N–H and O–H groups in total. The van der Waals surface area contributed by atoms with Crippen molar-refractivity contribution in [1.82, 2.24) is 30.1 Å². The normalized spacial score (nSPS) is 12.2. The minimum absolute atomic E-state index is 0.0605. The van der Waals surface area contributed by atoms with Crippen LogP contribution in [0.1, 0.15) is 48.8 Å². The number of aromatic amines is 1. The number of aryl methyl sites for hydroxylation is 1. The Morgan fingerprint density at radius 3 is 2.69 bits per heavy atom. The van der Waals surface area contributed by atoms with Crippen LogP contribution < -0.4 is 5.56 Å². The SMILES string of the molecule is CCOC(=O)Cn1nnnc1C(CC)N(CCc1ccccc1)Cc1cc2cc(C)ccc2[nH]c1=O. The van der Waals surface area contributed by atoms with Crippen molar-refractivity contribution in [2.45, 2.75) is 52.7 Å². The van der Waals surface area contributed by atoms with E-state index in [4.69, 9.17) is 4.74 Å². The number of aromatic nitrogens is 5. The van der Waals surface area contributed by atoms with Crippen LogP contribution in [0.4, 0.5) is 0 Å². The summed E-state index contributed by atoms with van der Waals surface area (Å²) in [5.74, 6) is 0.185. The molecule has 2 aromatic heterocycles. The van der Waals surface area contributed by atoms with Crippen molar-refractivity contribution in [3.05, 3.63) is 87.5 Å². The summed E-state index contributed by atoms with van der Waals surface area (Å²) >= 11 is 0. The maximum Gasteiger partial charge on any atom is 0.327 e. The van der Waals surface area contributed by atoms with Gasteiger partial charge in [-0.05, 0) is 66.3 Å². The van der Waals surface area contributed by atoms with Crippen LogP contribution in [0.2, 0.25) is 0 Å². The Labute approximate surface area is 210 Å². The van der Waals surface area contributed by atoms with Crippen LogP contribution in [-0.4, -0.2) is 49.2 Å². The number of rotatable bonds is 11. The van der Waals surface area contributed by atoms with Crippen molar-refractivity contribution < 1.29 is 9.53 Å². The molecule has 9 nitrogen and oxygen atoms in total. The topological polar surface area (TPSA) is 106 Å². The summed E-state index contributed by atoms with van der Waals surface area (Å²) < 4.78 is 6.59. The zero-order chi connectivity index (χ0) is 25.5. The van der Waals surface area contributed by atoms with E-state index in [9.17, 15) is 9.59 Å². The van der Waals surface area contributed by atoms with Gasteiger partial charge in [0.25, 0.3) is 5.56 Å². The molecular formula is C27H32N6O3. The fraction of sp³-hybridized carbons (Fsp3) is 0.370. The molecule has 0 radical (unpaired) electrons. The smallest absolute Gasteiger partial charge is 0.327 e. The van der Waals surface area contributed by atoms with E-state index in [1.807, 2.05) is 43.3 Å². The van der Waals surface area contributed by atoms with Crippen molar-refractivity contribution in [1.29, 1.82) is 0 Å². The molecule has 0 saturated heterocycles. The number of fused-ring (bicyclic) bond motifs is 1. The molecule has 2 aromatic carbocycles. The maximum atomic E-state index is 13.0. The van der Waals surface area contributed by atoms with Gasteiger partial charge in [0.1, 0.15) is 6.54 Å². The monoisotopic (exact) mass is 488 g/mol. The molecule has 36 heavy (non-hydrogen) atoms. The number of ether oxygens (including phenoxy) is 1. The lowest BCUT2D eigenvalue weighted by Gasteiger charge is -2.30. The van der Waals surface area contributed by atoms with E-state index >= 15 is 0 Å². The Hall–Kier alpha value is -3.85. The Kier molecular flexibility index (Phi) is 8.22. The predicted octanol–water partition coefficient (Wildman–Crippen LogP) is 3.58. The number of esters is 1. The number of benzene rings is 2. The number of pyridine rings is 1. The van der Waals surface area contributed by atoms with E-state index < -0.39 is 5.97 Å². The highest BCUT2D eigenvalue weighted by molar-refractivity contribution is 5.79. The lowest BCUT2D eigenvalue weighted by atomic mass is 10.1. The highest BCUT2D eigenvalue weighted by atomic mass is 16.5. The lowest BCUT2D eigenvalue weighted by Crippen LogP contribution is -2.34. The molecule has 0 amide bonds. The van der Waals surface area contributed by atoms with Crippen LogP contribution in [-0.2, 0) is 29.0 Å². The van der Waals surface area contributed by atoms with Gasteiger partial charge >= 0.3 is 5.97 Å². The van der Waals surface area contributed by atoms with Gasteiger partial charge in [-0.3, -0.25) is 14.5 Å². The van der Waals surface area contributed by atoms with Gasteiger partial charge in [0, 0.05) is 24.2 Å². The van der Waals surface area contributed by atoms with Crippen molar-refractivity contribution >= 4 is 16.9 Å². The quantitative estimate of drug-likeness (QED) is 0.322. The molecule has 0 aliphatic heterocycles. The average molecular weight is 489 g/mol. The fourth-order valence-electron chi connectivity index (χ4n) is 4.47. The van der Waals surface area contributed by atoms with Gasteiger partial charge in [-0.25, -0.2) is 4.68 Å². The van der Waals surface area contributed by atoms with Gasteiger partial charge in [-0.15, -0.1) is 5.10 Å². The minimum atomic E-state index is -0.391. The number of carbonyl (C=O) groups is 1. The predicted molar refractivity (Wildman–Crippen MR) is 137 cm³/mol. The second kappa shape index (κ2) is 11.7. The maximum absolute atomic E-state index is 13.0. The second-order valence-electron chi connectivity index (χ2n) is 8.84. The van der Waals surface area contributed by atoms with Gasteiger partial charge in [0.15, 0.2) is 5.82 Å². The van der Waals surface area contributed by atoms with E-state index in [1.165, 1.54) is 10.2 Å². The van der Waals surface area contributed by atoms with Crippen LogP contribution in [0.25, 0.3) is 10.9 Å². The largest absolute Gasteiger partial charge is 0.465 e. The Morgan fingerprint density at radius 2 is 1.94 bits per heavy atom. The molecular weight excluding hydrogens is 456 g/mol. The summed E-state index contributed by atoms with van der Waals surface area (Å²) in [7, 11) is 0. The molecule has 0 aliphatic carbocycles. The minimum Gasteiger partial charge on any atom is -0.465 e. The highest BCUT2D eigenvalue weighted by Crippen LogP contribution is 2.25. The van der Waals surface area contributed by atoms with Crippen molar-refractivity contribution in [2.75, 3.05) is 13.2 Å². The number of H-pyrrole nitrogens is 1. The van der Waals surface area contributed by atoms with Crippen LogP contribution in [0.15, 0.2) is 59.4 Å². The highest BCUT2D eigenvalue weighted by Gasteiger charge is 2.26. The molecule has 0 aliphatic rings. The third-order valence-electron chi connectivity index (χ3n) is 6.25. The Balaban J connectivity index is 1.67. The molecule has 0 bridgehead atoms. The molecule has 4 rings (SSSR count). The summed E-state index contributed by atoms with van der Waals surface area (Å²) in [4.78, 5) is 30.4. The van der Waals surface area contributed by atoms with Gasteiger partial charge in [0.05, 0.1) is 12.6 Å². The Bertz CT molecular complexity index is 1360. The number of carbonyl (C=O) groups excluding carboxylic acids is 1. The number of tetrazole rings is 1. The summed E-state index contributed by atoms with van der Waals surface area (Å²) in [6, 6.07) is 18.0. The fourth-order valence-corrected chi connectivity index (χ4v) is 4.47. The third kappa shape index (κ3) is 6.04. The standard InChI is InChI=1S/C27H32N6O3/c1-4-24(26-29-30-31-33(26)18-25(34)36-5-2)32(14-13-20-9-7-6-8-10-20)17-22-16-21-15-19(3)11-12-23(21)28-27(22)35/h6-12,15-16,24H,4-5,13-14,17-18H2,1-3H3,(H,28,35). The van der Waals surface area contributed by atoms with Crippen LogP contribution in [0.3, 0.4) is 0 Å². The average Bonchev–Trinajstić information content (AvgIpc) is 3.31. The zero-order valence-corrected chi connectivity index (χ0v) is 21.0. The molecule has 1 atom stereocenters. The van der Waals surface area contributed by atoms with Gasteiger partial charge < -0.3 is 9.72 Å². The molecule has 4 aromatic rings. The summed E-state index contributed by atoms with van der Waals surface area (Å²) in [5.41, 5.74) is 3.70. The van der Waals surface area contributed by atoms with E-state index in [2.05, 4.69) is 50.5 Å². The van der Waals surface area contributed by atoms with Gasteiger partial charge in [0.2, 0.25) is 0 Å². The number of hydrogen-bond acceptors (Lipinski definition) is 7. The number of hydrogen-bond donors (Lipinski definition) is 1. The Morgan fingerprint density at radius 1 is 1.14 bits per heavy atom. The molecule has 9 heteroatoms. The summed E-state index contributed by atoms with van der Waals surface area (Å²) in [5, 5.41) is 13.1. The van der Waals surface area contributed by atoms with Crippen LogP contribution in [0.5, 0.6) is 0 Å². The first kappa shape index (κ1) is 25.2. The van der Waals surface area contributed by atoms with E-state index in [-0.39, 0.29) is 18.1 Å². The van der Waals surface area contributed by atoms with E-state index in [0.717, 1.165) is 22.9 Å². The first-order valence-corrected chi connectivity index (χ1v) is 12.3. The van der Waals surface area contributed by atoms with Crippen LogP contribution >= 0.6 is 0 Å². The van der Waals surface area contributed by atoms with Crippen LogP contribution in [0, 0.1) is 6.92 Å². The summed E-state index contributed by atoms with van der Waals surface area (Å²) in [6.45, 7) is 7.18. The second-order valence-corrected chi connectivity index (χ2v) is 8.84. The van der Waals surface area contributed by atoms with Crippen molar-refractivity contribution in [3.63, 3.8) is 0 Å². The lowest BCUT2D eigenvalue weighted by molar-refractivity contribution is -0.144.